The summed E-state index contributed by atoms with van der Waals surface area (Å²) in [4.78, 5) is 0. The zero-order chi connectivity index (χ0) is 15.8. The highest BCUT2D eigenvalue weighted by molar-refractivity contribution is 5.71. The highest BCUT2D eigenvalue weighted by Crippen LogP contribution is 2.33. The molecule has 110 valence electrons. The maximum Gasteiger partial charge on any atom is 0.416 e. The molecule has 2 aromatic carbocycles. The molecule has 0 aliphatic heterocycles. The summed E-state index contributed by atoms with van der Waals surface area (Å²) >= 11 is 0. The molecule has 0 saturated heterocycles. The molecule has 0 aromatic heterocycles. The van der Waals surface area contributed by atoms with Crippen LogP contribution in [-0.2, 0) is 0 Å². The zero-order valence-corrected chi connectivity index (χ0v) is 10.4. The fourth-order valence-electron chi connectivity index (χ4n) is 1.75. The number of hydrogen-bond donors (Lipinski definition) is 0. The van der Waals surface area contributed by atoms with Crippen molar-refractivity contribution >= 4 is 5.57 Å². The summed E-state index contributed by atoms with van der Waals surface area (Å²) < 4.78 is 76.5. The van der Waals surface area contributed by atoms with Crippen molar-refractivity contribution in [1.29, 1.82) is 0 Å². The smallest absolute Gasteiger partial charge is 0.204 e. The molecule has 0 aliphatic carbocycles. The Morgan fingerprint density at radius 2 is 1.29 bits per heavy atom. The lowest BCUT2D eigenvalue weighted by molar-refractivity contribution is -0.0686. The molecule has 0 spiro atoms. The molecular weight excluding hydrogens is 294 g/mol. The van der Waals surface area contributed by atoms with Crippen LogP contribution in [-0.4, -0.2) is 6.18 Å². The minimum atomic E-state index is -4.56. The molecule has 0 heterocycles. The van der Waals surface area contributed by atoms with E-state index >= 15 is 0 Å². The zero-order valence-electron chi connectivity index (χ0n) is 10.4. The molecule has 0 saturated carbocycles. The van der Waals surface area contributed by atoms with Gasteiger partial charge in [0.15, 0.2) is 17.5 Å². The van der Waals surface area contributed by atoms with Gasteiger partial charge in [-0.25, -0.2) is 13.2 Å². The fraction of sp³-hybridized carbons (Fsp3) is 0.0667. The molecule has 0 fully saturated rings. The van der Waals surface area contributed by atoms with Crippen molar-refractivity contribution < 1.29 is 26.3 Å². The predicted octanol–water partition coefficient (Wildman–Crippen LogP) is 5.35. The lowest BCUT2D eigenvalue weighted by atomic mass is 10.0. The van der Waals surface area contributed by atoms with Gasteiger partial charge in [-0.3, -0.25) is 0 Å². The predicted molar refractivity (Wildman–Crippen MR) is 66.8 cm³/mol. The third kappa shape index (κ3) is 3.09. The lowest BCUT2D eigenvalue weighted by Gasteiger charge is -2.11. The Hall–Kier alpha value is -2.24. The maximum absolute atomic E-state index is 13.1. The van der Waals surface area contributed by atoms with Crippen molar-refractivity contribution in [3.8, 4) is 11.1 Å². The minimum Gasteiger partial charge on any atom is -0.204 e. The average molecular weight is 302 g/mol. The molecule has 21 heavy (non-hydrogen) atoms. The van der Waals surface area contributed by atoms with Crippen LogP contribution in [0.5, 0.6) is 0 Å². The Labute approximate surface area is 116 Å². The molecule has 0 atom stereocenters. The van der Waals surface area contributed by atoms with E-state index < -0.39 is 29.2 Å². The Morgan fingerprint density at radius 1 is 0.810 bits per heavy atom. The number of allylic oxidation sites excluding steroid dienone is 1. The average Bonchev–Trinajstić information content (AvgIpc) is 2.42. The molecule has 2 rings (SSSR count). The molecule has 0 unspecified atom stereocenters. The van der Waals surface area contributed by atoms with E-state index in [0.29, 0.717) is 0 Å². The van der Waals surface area contributed by atoms with E-state index in [4.69, 9.17) is 0 Å². The molecule has 0 aliphatic rings. The van der Waals surface area contributed by atoms with Gasteiger partial charge in [-0.15, -0.1) is 0 Å². The molecule has 0 N–H and O–H groups in total. The number of halogens is 6. The second-order valence-electron chi connectivity index (χ2n) is 4.31. The summed E-state index contributed by atoms with van der Waals surface area (Å²) in [6.07, 6.45) is -4.56. The second-order valence-corrected chi connectivity index (χ2v) is 4.31. The highest BCUT2D eigenvalue weighted by atomic mass is 19.4. The first-order chi connectivity index (χ1) is 9.70. The molecule has 0 bridgehead atoms. The van der Waals surface area contributed by atoms with Crippen LogP contribution >= 0.6 is 0 Å². The third-order valence-electron chi connectivity index (χ3n) is 2.89. The van der Waals surface area contributed by atoms with E-state index in [9.17, 15) is 26.3 Å². The third-order valence-corrected chi connectivity index (χ3v) is 2.89. The molecule has 6 heteroatoms. The van der Waals surface area contributed by atoms with Crippen LogP contribution in [0, 0.1) is 17.5 Å². The van der Waals surface area contributed by atoms with Crippen LogP contribution in [0.1, 0.15) is 5.56 Å². The molecule has 0 amide bonds. The van der Waals surface area contributed by atoms with Crippen LogP contribution in [0.25, 0.3) is 16.7 Å². The summed E-state index contributed by atoms with van der Waals surface area (Å²) in [5.74, 6) is -4.33. The van der Waals surface area contributed by atoms with Gasteiger partial charge in [0, 0.05) is 0 Å². The number of benzene rings is 2. The Kier molecular flexibility index (Phi) is 3.80. The van der Waals surface area contributed by atoms with E-state index in [-0.39, 0.29) is 16.7 Å². The first-order valence-electron chi connectivity index (χ1n) is 5.71. The van der Waals surface area contributed by atoms with Crippen LogP contribution in [0.2, 0.25) is 0 Å². The highest BCUT2D eigenvalue weighted by Gasteiger charge is 2.32. The van der Waals surface area contributed by atoms with Gasteiger partial charge in [-0.1, -0.05) is 30.8 Å². The standard InChI is InChI=1S/C15H8F6/c1-8(15(19,20)21)9-2-4-10(5-3-9)11-6-12(16)14(18)13(17)7-11/h2-7H,1H2. The molecular formula is C15H8F6. The van der Waals surface area contributed by atoms with Gasteiger partial charge in [0.25, 0.3) is 0 Å². The van der Waals surface area contributed by atoms with Gasteiger partial charge < -0.3 is 0 Å². The SMILES string of the molecule is C=C(c1ccc(-c2cc(F)c(F)c(F)c2)cc1)C(F)(F)F. The first-order valence-corrected chi connectivity index (χ1v) is 5.71. The van der Waals surface area contributed by atoms with Crippen molar-refractivity contribution in [3.05, 3.63) is 66.0 Å². The molecule has 2 aromatic rings. The minimum absolute atomic E-state index is 0.0237. The van der Waals surface area contributed by atoms with Crippen LogP contribution in [0.15, 0.2) is 43.0 Å². The van der Waals surface area contributed by atoms with E-state index in [1.54, 1.807) is 0 Å². The van der Waals surface area contributed by atoms with Gasteiger partial charge >= 0.3 is 6.18 Å². The quantitative estimate of drug-likeness (QED) is 0.518. The van der Waals surface area contributed by atoms with Gasteiger partial charge in [0.2, 0.25) is 0 Å². The van der Waals surface area contributed by atoms with Crippen molar-refractivity contribution in [3.63, 3.8) is 0 Å². The summed E-state index contributed by atoms with van der Waals surface area (Å²) in [6.45, 7) is 2.94. The topological polar surface area (TPSA) is 0 Å². The first kappa shape index (κ1) is 15.2. The van der Waals surface area contributed by atoms with Gasteiger partial charge in [0.1, 0.15) is 0 Å². The van der Waals surface area contributed by atoms with E-state index in [0.717, 1.165) is 24.3 Å². The van der Waals surface area contributed by atoms with Crippen molar-refractivity contribution in [2.24, 2.45) is 0 Å². The Morgan fingerprint density at radius 3 is 1.71 bits per heavy atom. The van der Waals surface area contributed by atoms with Crippen molar-refractivity contribution in [2.75, 3.05) is 0 Å². The Bertz CT molecular complexity index is 659. The maximum atomic E-state index is 13.1. The lowest BCUT2D eigenvalue weighted by Crippen LogP contribution is -2.09. The number of hydrogen-bond acceptors (Lipinski definition) is 0. The largest absolute Gasteiger partial charge is 0.416 e. The number of alkyl halides is 3. The van der Waals surface area contributed by atoms with Crippen LogP contribution < -0.4 is 0 Å². The van der Waals surface area contributed by atoms with Crippen molar-refractivity contribution in [1.82, 2.24) is 0 Å². The van der Waals surface area contributed by atoms with Crippen molar-refractivity contribution in [2.45, 2.75) is 6.18 Å². The van der Waals surface area contributed by atoms with E-state index in [1.165, 1.54) is 12.1 Å². The van der Waals surface area contributed by atoms with E-state index in [1.807, 2.05) is 0 Å². The summed E-state index contributed by atoms with van der Waals surface area (Å²) in [5, 5.41) is 0. The van der Waals surface area contributed by atoms with Crippen LogP contribution in [0.4, 0.5) is 26.3 Å². The second kappa shape index (κ2) is 5.27. The van der Waals surface area contributed by atoms with E-state index in [2.05, 4.69) is 6.58 Å². The fourth-order valence-corrected chi connectivity index (χ4v) is 1.75. The van der Waals surface area contributed by atoms with Gasteiger partial charge in [0.05, 0.1) is 5.57 Å². The number of rotatable bonds is 2. The molecule has 0 radical (unpaired) electrons. The van der Waals surface area contributed by atoms with Gasteiger partial charge in [-0.05, 0) is 28.8 Å². The summed E-state index contributed by atoms with van der Waals surface area (Å²) in [6, 6.07) is 6.30. The van der Waals surface area contributed by atoms with Crippen LogP contribution in [0.3, 0.4) is 0 Å². The summed E-state index contributed by atoms with van der Waals surface area (Å²) in [5.41, 5.74) is -0.901. The normalized spacial score (nSPS) is 11.5. The molecule has 0 nitrogen and oxygen atoms in total. The van der Waals surface area contributed by atoms with Gasteiger partial charge in [-0.2, -0.15) is 13.2 Å². The summed E-state index contributed by atoms with van der Waals surface area (Å²) in [7, 11) is 0. The monoisotopic (exact) mass is 302 g/mol. The Balaban J connectivity index is 2.38.